The van der Waals surface area contributed by atoms with Gasteiger partial charge in [-0.3, -0.25) is 9.69 Å². The van der Waals surface area contributed by atoms with Crippen molar-refractivity contribution in [3.8, 4) is 0 Å². The molecular weight excluding hydrogens is 451 g/mol. The van der Waals surface area contributed by atoms with Crippen LogP contribution in [-0.4, -0.2) is 27.0 Å². The molecule has 3 aromatic heterocycles. The van der Waals surface area contributed by atoms with E-state index >= 15 is 0 Å². The van der Waals surface area contributed by atoms with Crippen LogP contribution in [0.2, 0.25) is 0 Å². The quantitative estimate of drug-likeness (QED) is 0.394. The summed E-state index contributed by atoms with van der Waals surface area (Å²) in [5.74, 6) is -0.504. The first kappa shape index (κ1) is 18.3. The standard InChI is InChI=1S/C18H14BrFN4OS2/c19-15-6-5-14(26-15)17(25)24(9-2-8-23-10-7-21-11-23)18-22-16-12(20)3-1-4-13(16)27-18/h1,3-7,10-11H,2,8-9H2. The number of carbonyl (C=O) groups excluding carboxylic acids is 1. The largest absolute Gasteiger partial charge is 0.337 e. The van der Waals surface area contributed by atoms with E-state index in [-0.39, 0.29) is 11.7 Å². The van der Waals surface area contributed by atoms with Crippen LogP contribution < -0.4 is 4.90 Å². The molecule has 9 heteroatoms. The number of thiophene rings is 1. The minimum atomic E-state index is -0.375. The predicted octanol–water partition coefficient (Wildman–Crippen LogP) is 5.19. The van der Waals surface area contributed by atoms with Gasteiger partial charge in [0.1, 0.15) is 11.3 Å². The predicted molar refractivity (Wildman–Crippen MR) is 110 cm³/mol. The maximum atomic E-state index is 14.1. The smallest absolute Gasteiger partial charge is 0.270 e. The number of halogens is 2. The van der Waals surface area contributed by atoms with Crippen LogP contribution in [0, 0.1) is 5.82 Å². The van der Waals surface area contributed by atoms with Gasteiger partial charge < -0.3 is 4.57 Å². The third kappa shape index (κ3) is 3.95. The van der Waals surface area contributed by atoms with E-state index in [2.05, 4.69) is 25.9 Å². The zero-order valence-corrected chi connectivity index (χ0v) is 17.2. The van der Waals surface area contributed by atoms with Gasteiger partial charge >= 0.3 is 0 Å². The highest BCUT2D eigenvalue weighted by Gasteiger charge is 2.23. The number of nitrogens with zero attached hydrogens (tertiary/aromatic N) is 4. The third-order valence-electron chi connectivity index (χ3n) is 3.98. The Morgan fingerprint density at radius 2 is 2.15 bits per heavy atom. The Balaban J connectivity index is 1.63. The first-order valence-electron chi connectivity index (χ1n) is 8.20. The van der Waals surface area contributed by atoms with Crippen LogP contribution in [0.15, 0.2) is 52.8 Å². The van der Waals surface area contributed by atoms with E-state index in [9.17, 15) is 9.18 Å². The molecule has 0 spiro atoms. The van der Waals surface area contributed by atoms with Gasteiger partial charge in [0, 0.05) is 25.5 Å². The van der Waals surface area contributed by atoms with Crippen molar-refractivity contribution in [2.24, 2.45) is 0 Å². The van der Waals surface area contributed by atoms with Crippen LogP contribution >= 0.6 is 38.6 Å². The second-order valence-corrected chi connectivity index (χ2v) is 9.27. The molecule has 0 aliphatic rings. The third-order valence-corrected chi connectivity index (χ3v) is 6.63. The normalized spacial score (nSPS) is 11.2. The van der Waals surface area contributed by atoms with Crippen molar-refractivity contribution in [1.29, 1.82) is 0 Å². The molecule has 0 N–H and O–H groups in total. The molecule has 27 heavy (non-hydrogen) atoms. The highest BCUT2D eigenvalue weighted by molar-refractivity contribution is 9.11. The van der Waals surface area contributed by atoms with E-state index < -0.39 is 0 Å². The summed E-state index contributed by atoms with van der Waals surface area (Å²) in [6.07, 6.45) is 6.08. The maximum absolute atomic E-state index is 14.1. The number of carbonyl (C=O) groups is 1. The molecule has 3 heterocycles. The van der Waals surface area contributed by atoms with E-state index in [0.717, 1.165) is 21.5 Å². The fourth-order valence-electron chi connectivity index (χ4n) is 2.70. The molecule has 1 amide bonds. The SMILES string of the molecule is O=C(c1ccc(Br)s1)N(CCCn1ccnc1)c1nc2c(F)cccc2s1. The van der Waals surface area contributed by atoms with Crippen molar-refractivity contribution >= 4 is 59.9 Å². The van der Waals surface area contributed by atoms with Crippen molar-refractivity contribution in [3.63, 3.8) is 0 Å². The lowest BCUT2D eigenvalue weighted by atomic mass is 10.3. The number of aryl methyl sites for hydroxylation is 1. The number of thiazole rings is 1. The molecule has 0 radical (unpaired) electrons. The fourth-order valence-corrected chi connectivity index (χ4v) is 5.03. The molecule has 0 fully saturated rings. The molecule has 0 aliphatic carbocycles. The highest BCUT2D eigenvalue weighted by Crippen LogP contribution is 2.32. The fraction of sp³-hybridized carbons (Fsp3) is 0.167. The van der Waals surface area contributed by atoms with Gasteiger partial charge in [-0.05, 0) is 46.6 Å². The Morgan fingerprint density at radius 1 is 1.26 bits per heavy atom. The molecule has 0 saturated carbocycles. The molecular formula is C18H14BrFN4OS2. The van der Waals surface area contributed by atoms with Crippen molar-refractivity contribution in [1.82, 2.24) is 14.5 Å². The summed E-state index contributed by atoms with van der Waals surface area (Å²) < 4.78 is 17.6. The number of amides is 1. The Bertz CT molecular complexity index is 1080. The van der Waals surface area contributed by atoms with Crippen LogP contribution in [0.5, 0.6) is 0 Å². The highest BCUT2D eigenvalue weighted by atomic mass is 79.9. The van der Waals surface area contributed by atoms with Crippen LogP contribution in [0.1, 0.15) is 16.1 Å². The van der Waals surface area contributed by atoms with Crippen molar-refractivity contribution in [2.75, 3.05) is 11.4 Å². The summed E-state index contributed by atoms with van der Waals surface area (Å²) in [5, 5.41) is 0.509. The zero-order valence-electron chi connectivity index (χ0n) is 14.0. The zero-order chi connectivity index (χ0) is 18.8. The molecule has 138 valence electrons. The first-order valence-corrected chi connectivity index (χ1v) is 10.6. The Morgan fingerprint density at radius 3 is 2.85 bits per heavy atom. The van der Waals surface area contributed by atoms with E-state index in [4.69, 9.17) is 0 Å². The number of fused-ring (bicyclic) bond motifs is 1. The first-order chi connectivity index (χ1) is 13.1. The maximum Gasteiger partial charge on any atom is 0.270 e. The second-order valence-electron chi connectivity index (χ2n) is 5.80. The number of imidazole rings is 1. The summed E-state index contributed by atoms with van der Waals surface area (Å²) >= 11 is 6.10. The van der Waals surface area contributed by atoms with E-state index in [0.29, 0.717) is 22.1 Å². The lowest BCUT2D eigenvalue weighted by Crippen LogP contribution is -2.31. The Hall–Kier alpha value is -2.10. The molecule has 0 saturated heterocycles. The number of anilines is 1. The summed E-state index contributed by atoms with van der Waals surface area (Å²) in [6, 6.07) is 8.48. The molecule has 0 unspecified atom stereocenters. The molecule has 0 bridgehead atoms. The average molecular weight is 465 g/mol. The summed E-state index contributed by atoms with van der Waals surface area (Å²) in [7, 11) is 0. The van der Waals surface area contributed by atoms with E-state index in [1.54, 1.807) is 29.6 Å². The summed E-state index contributed by atoms with van der Waals surface area (Å²) in [5.41, 5.74) is 0.303. The number of para-hydroxylation sites is 1. The minimum absolute atomic E-state index is 0.129. The van der Waals surface area contributed by atoms with E-state index in [1.807, 2.05) is 22.9 Å². The van der Waals surface area contributed by atoms with Gasteiger partial charge in [-0.1, -0.05) is 17.4 Å². The van der Waals surface area contributed by atoms with Crippen molar-refractivity contribution in [2.45, 2.75) is 13.0 Å². The number of benzene rings is 1. The van der Waals surface area contributed by atoms with Gasteiger partial charge in [0.25, 0.3) is 5.91 Å². The number of aromatic nitrogens is 3. The summed E-state index contributed by atoms with van der Waals surface area (Å²) in [4.78, 5) is 23.8. The lowest BCUT2D eigenvalue weighted by Gasteiger charge is -2.19. The topological polar surface area (TPSA) is 51.0 Å². The number of hydrogen-bond donors (Lipinski definition) is 0. The molecule has 5 nitrogen and oxygen atoms in total. The van der Waals surface area contributed by atoms with E-state index in [1.165, 1.54) is 28.7 Å². The Kier molecular flexibility index (Phi) is 5.33. The van der Waals surface area contributed by atoms with Crippen molar-refractivity contribution < 1.29 is 9.18 Å². The monoisotopic (exact) mass is 464 g/mol. The molecule has 0 aliphatic heterocycles. The average Bonchev–Trinajstić information content (AvgIpc) is 3.39. The van der Waals surface area contributed by atoms with Crippen molar-refractivity contribution in [3.05, 3.63) is 63.5 Å². The second kappa shape index (κ2) is 7.87. The van der Waals surface area contributed by atoms with Crippen LogP contribution in [-0.2, 0) is 6.54 Å². The Labute approximate surface area is 171 Å². The number of rotatable bonds is 6. The van der Waals surface area contributed by atoms with Gasteiger partial charge in [0.15, 0.2) is 5.13 Å². The molecule has 4 aromatic rings. The van der Waals surface area contributed by atoms with Gasteiger partial charge in [0.2, 0.25) is 0 Å². The van der Waals surface area contributed by atoms with Gasteiger partial charge in [-0.25, -0.2) is 14.4 Å². The molecule has 0 atom stereocenters. The van der Waals surface area contributed by atoms with Gasteiger partial charge in [-0.15, -0.1) is 11.3 Å². The van der Waals surface area contributed by atoms with Crippen LogP contribution in [0.25, 0.3) is 10.2 Å². The van der Waals surface area contributed by atoms with Crippen LogP contribution in [0.4, 0.5) is 9.52 Å². The molecule has 1 aromatic carbocycles. The summed E-state index contributed by atoms with van der Waals surface area (Å²) in [6.45, 7) is 1.21. The minimum Gasteiger partial charge on any atom is -0.337 e. The van der Waals surface area contributed by atoms with Gasteiger partial charge in [-0.2, -0.15) is 0 Å². The lowest BCUT2D eigenvalue weighted by molar-refractivity contribution is 0.0990. The van der Waals surface area contributed by atoms with Crippen LogP contribution in [0.3, 0.4) is 0 Å². The van der Waals surface area contributed by atoms with Gasteiger partial charge in [0.05, 0.1) is 19.7 Å². The number of hydrogen-bond acceptors (Lipinski definition) is 5. The molecule has 4 rings (SSSR count).